The van der Waals surface area contributed by atoms with E-state index in [4.69, 9.17) is 17.0 Å². The van der Waals surface area contributed by atoms with Gasteiger partial charge in [-0.1, -0.05) is 24.0 Å². The van der Waals surface area contributed by atoms with E-state index in [-0.39, 0.29) is 45.9 Å². The van der Waals surface area contributed by atoms with Gasteiger partial charge < -0.3 is 15.4 Å². The molecule has 0 saturated carbocycles. The van der Waals surface area contributed by atoms with E-state index in [1.165, 1.54) is 17.5 Å². The van der Waals surface area contributed by atoms with Gasteiger partial charge in [0.15, 0.2) is 0 Å². The highest BCUT2D eigenvalue weighted by atomic mass is 32.2. The molecule has 1 aliphatic rings. The normalized spacial score (nSPS) is 15.1. The topological polar surface area (TPSA) is 105 Å². The maximum Gasteiger partial charge on any atom is 0.416 e. The first kappa shape index (κ1) is 35.0. The number of carbonyl (C=O) groups is 4. The number of alkyl halides is 6. The highest BCUT2D eigenvalue weighted by molar-refractivity contribution is 8.26. The summed E-state index contributed by atoms with van der Waals surface area (Å²) in [6.07, 6.45) is -8.79. The number of ether oxygens (including phenoxy) is 1. The van der Waals surface area contributed by atoms with E-state index in [0.717, 1.165) is 28.0 Å². The summed E-state index contributed by atoms with van der Waals surface area (Å²) in [5, 5.41) is 6.04. The Morgan fingerprint density at radius 3 is 2.07 bits per heavy atom. The largest absolute Gasteiger partial charge is 0.459 e. The minimum Gasteiger partial charge on any atom is -0.459 e. The molecule has 238 valence electrons. The van der Waals surface area contributed by atoms with Gasteiger partial charge in [0, 0.05) is 17.8 Å². The first-order chi connectivity index (χ1) is 20.2. The van der Waals surface area contributed by atoms with Crippen LogP contribution in [0.15, 0.2) is 34.6 Å². The highest BCUT2D eigenvalue weighted by Gasteiger charge is 2.37. The predicted molar refractivity (Wildman–Crippen MR) is 156 cm³/mol. The van der Waals surface area contributed by atoms with Gasteiger partial charge >= 0.3 is 18.3 Å². The first-order valence-corrected chi connectivity index (χ1v) is 14.7. The van der Waals surface area contributed by atoms with Gasteiger partial charge in [-0.3, -0.25) is 24.1 Å². The fourth-order valence-corrected chi connectivity index (χ4v) is 5.84. The number of amides is 3. The van der Waals surface area contributed by atoms with E-state index in [1.54, 1.807) is 20.8 Å². The Morgan fingerprint density at radius 1 is 0.909 bits per heavy atom. The van der Waals surface area contributed by atoms with E-state index in [9.17, 15) is 45.5 Å². The summed E-state index contributed by atoms with van der Waals surface area (Å²) < 4.78 is 84.7. The standard InChI is InChI=1S/C27H25F6N3O5S3/c1-25(2,3)41-22(39)12-35-21(38)11-34-20(37)4-5-36-23(40)19(44-24(36)42)10-18-8-15(13-43-18)14-6-16(26(28,29)30)9-17(7-14)27(31,32)33/h6-10,13H,4-5,11-12H2,1-3H3,(H,34,37)(H,35,38)/b19-10-. The van der Waals surface area contributed by atoms with Crippen LogP contribution >= 0.6 is 35.3 Å². The van der Waals surface area contributed by atoms with Gasteiger partial charge in [0.2, 0.25) is 11.8 Å². The predicted octanol–water partition coefficient (Wildman–Crippen LogP) is 5.62. The number of carbonyl (C=O) groups excluding carboxylic acids is 4. The molecule has 1 aromatic carbocycles. The molecule has 1 fully saturated rings. The fraction of sp³-hybridized carbons (Fsp3) is 0.370. The number of halogens is 6. The van der Waals surface area contributed by atoms with Gasteiger partial charge in [-0.2, -0.15) is 26.3 Å². The molecule has 17 heteroatoms. The molecular weight excluding hydrogens is 657 g/mol. The van der Waals surface area contributed by atoms with Crippen LogP contribution in [0.5, 0.6) is 0 Å². The molecule has 1 aliphatic heterocycles. The van der Waals surface area contributed by atoms with Crippen molar-refractivity contribution in [1.29, 1.82) is 0 Å². The van der Waals surface area contributed by atoms with Crippen LogP contribution in [0.4, 0.5) is 26.3 Å². The van der Waals surface area contributed by atoms with Crippen LogP contribution in [0.1, 0.15) is 43.2 Å². The molecule has 2 N–H and O–H groups in total. The lowest BCUT2D eigenvalue weighted by molar-refractivity contribution is -0.154. The van der Waals surface area contributed by atoms with Crippen molar-refractivity contribution < 1.29 is 50.3 Å². The zero-order valence-corrected chi connectivity index (χ0v) is 25.7. The Morgan fingerprint density at radius 2 is 1.50 bits per heavy atom. The van der Waals surface area contributed by atoms with Gasteiger partial charge in [-0.15, -0.1) is 11.3 Å². The summed E-state index contributed by atoms with van der Waals surface area (Å²) in [6.45, 7) is 4.09. The zero-order chi connectivity index (χ0) is 33.0. The third-order valence-electron chi connectivity index (χ3n) is 5.55. The van der Waals surface area contributed by atoms with E-state index in [0.29, 0.717) is 17.0 Å². The molecular formula is C27H25F6N3O5S3. The van der Waals surface area contributed by atoms with Crippen LogP contribution in [0.25, 0.3) is 17.2 Å². The van der Waals surface area contributed by atoms with E-state index >= 15 is 0 Å². The van der Waals surface area contributed by atoms with Crippen LogP contribution in [-0.2, 0) is 36.3 Å². The molecule has 2 heterocycles. The molecule has 1 aromatic heterocycles. The second-order valence-corrected chi connectivity index (χ2v) is 12.9. The lowest BCUT2D eigenvalue weighted by atomic mass is 10.0. The number of thiophene rings is 1. The monoisotopic (exact) mass is 681 g/mol. The van der Waals surface area contributed by atoms with Crippen LogP contribution in [0.3, 0.4) is 0 Å². The maximum absolute atomic E-state index is 13.2. The molecule has 44 heavy (non-hydrogen) atoms. The Labute approximate surface area is 261 Å². The first-order valence-electron chi connectivity index (χ1n) is 12.6. The van der Waals surface area contributed by atoms with Gasteiger partial charge in [-0.05, 0) is 67.6 Å². The third kappa shape index (κ3) is 10.1. The molecule has 1 saturated heterocycles. The lowest BCUT2D eigenvalue weighted by Gasteiger charge is -2.19. The third-order valence-corrected chi connectivity index (χ3v) is 7.80. The molecule has 0 atom stereocenters. The van der Waals surface area contributed by atoms with Crippen molar-refractivity contribution in [3.63, 3.8) is 0 Å². The summed E-state index contributed by atoms with van der Waals surface area (Å²) in [5.41, 5.74) is -3.80. The van der Waals surface area contributed by atoms with Crippen LogP contribution in [0.2, 0.25) is 0 Å². The molecule has 0 radical (unpaired) electrons. The Balaban J connectivity index is 1.59. The Hall–Kier alpha value is -3.44. The number of benzene rings is 1. The number of rotatable bonds is 9. The summed E-state index contributed by atoms with van der Waals surface area (Å²) in [4.78, 5) is 50.3. The van der Waals surface area contributed by atoms with Crippen molar-refractivity contribution in [1.82, 2.24) is 15.5 Å². The van der Waals surface area contributed by atoms with E-state index < -0.39 is 59.3 Å². The average molecular weight is 682 g/mol. The van der Waals surface area contributed by atoms with Crippen molar-refractivity contribution in [2.24, 2.45) is 0 Å². The molecule has 3 rings (SSSR count). The number of nitrogens with zero attached hydrogens (tertiary/aromatic N) is 1. The second-order valence-electron chi connectivity index (χ2n) is 10.3. The van der Waals surface area contributed by atoms with Gasteiger partial charge in [0.1, 0.15) is 16.5 Å². The smallest absolute Gasteiger partial charge is 0.416 e. The van der Waals surface area contributed by atoms with Crippen LogP contribution < -0.4 is 10.6 Å². The van der Waals surface area contributed by atoms with Crippen LogP contribution in [0, 0.1) is 0 Å². The maximum atomic E-state index is 13.2. The number of nitrogens with one attached hydrogen (secondary N) is 2. The number of hydrogen-bond donors (Lipinski definition) is 2. The van der Waals surface area contributed by atoms with E-state index in [1.807, 2.05) is 0 Å². The molecule has 2 aromatic rings. The van der Waals surface area contributed by atoms with Gasteiger partial charge in [0.25, 0.3) is 5.91 Å². The molecule has 0 unspecified atom stereocenters. The summed E-state index contributed by atoms with van der Waals surface area (Å²) >= 11 is 7.14. The molecule has 0 bridgehead atoms. The SMILES string of the molecule is CC(C)(C)OC(=O)CNC(=O)CNC(=O)CCN1C(=O)/C(=C/c2cc(-c3cc(C(F)(F)F)cc(C(F)(F)F)c3)cs2)SC1=S. The van der Waals surface area contributed by atoms with Gasteiger partial charge in [0.05, 0.1) is 22.6 Å². The molecule has 0 aliphatic carbocycles. The van der Waals surface area contributed by atoms with Crippen molar-refractivity contribution in [3.8, 4) is 11.1 Å². The molecule has 0 spiro atoms. The van der Waals surface area contributed by atoms with Crippen molar-refractivity contribution in [2.45, 2.75) is 45.1 Å². The number of hydrogen-bond acceptors (Lipinski definition) is 8. The van der Waals surface area contributed by atoms with Crippen LogP contribution in [-0.4, -0.2) is 58.1 Å². The summed E-state index contributed by atoms with van der Waals surface area (Å²) in [5.74, 6) is -2.40. The van der Waals surface area contributed by atoms with Crippen molar-refractivity contribution >= 4 is 69.4 Å². The Bertz CT molecular complexity index is 1460. The quantitative estimate of drug-likeness (QED) is 0.153. The molecule has 8 nitrogen and oxygen atoms in total. The Kier molecular flexibility index (Phi) is 10.9. The van der Waals surface area contributed by atoms with E-state index in [2.05, 4.69) is 10.6 Å². The lowest BCUT2D eigenvalue weighted by Crippen LogP contribution is -2.41. The number of esters is 1. The fourth-order valence-electron chi connectivity index (χ4n) is 3.61. The number of thioether (sulfide) groups is 1. The van der Waals surface area contributed by atoms with Gasteiger partial charge in [-0.25, -0.2) is 0 Å². The minimum absolute atomic E-state index is 0.0455. The van der Waals surface area contributed by atoms with Crippen molar-refractivity contribution in [2.75, 3.05) is 19.6 Å². The zero-order valence-electron chi connectivity index (χ0n) is 23.3. The minimum atomic E-state index is -4.99. The number of thiocarbonyl (C=S) groups is 1. The van der Waals surface area contributed by atoms with Crippen molar-refractivity contribution in [3.05, 3.63) is 50.6 Å². The average Bonchev–Trinajstić information content (AvgIpc) is 3.46. The summed E-state index contributed by atoms with van der Waals surface area (Å²) in [6, 6.07) is 2.64. The summed E-state index contributed by atoms with van der Waals surface area (Å²) in [7, 11) is 0. The highest BCUT2D eigenvalue weighted by Crippen LogP contribution is 2.40. The second kappa shape index (κ2) is 13.7. The molecule has 3 amide bonds.